The smallest absolute Gasteiger partial charge is 0.251 e. The van der Waals surface area contributed by atoms with Gasteiger partial charge < -0.3 is 8.83 Å². The number of benzene rings is 1. The molecule has 3 aromatic heterocycles. The van der Waals surface area contributed by atoms with Gasteiger partial charge in [-0.3, -0.25) is 0 Å². The highest BCUT2D eigenvalue weighted by molar-refractivity contribution is 5.55. The van der Waals surface area contributed by atoms with Crippen LogP contribution in [0, 0.1) is 19.7 Å². The standard InChI is InChI=1S/C16H13FN6O2/c1-9-7-13(10(2)24-9)16-20-18-14(25-16)8-23-21-15(19-22-23)11-3-5-12(17)6-4-11/h3-7H,8H2,1-2H3. The maximum atomic E-state index is 13.0. The molecule has 126 valence electrons. The summed E-state index contributed by atoms with van der Waals surface area (Å²) in [7, 11) is 0. The predicted octanol–water partition coefficient (Wildman–Crippen LogP) is 2.79. The van der Waals surface area contributed by atoms with Crippen LogP contribution in [-0.2, 0) is 6.54 Å². The minimum absolute atomic E-state index is 0.178. The molecule has 0 atom stereocenters. The van der Waals surface area contributed by atoms with E-state index in [1.807, 2.05) is 19.9 Å². The van der Waals surface area contributed by atoms with Gasteiger partial charge in [-0.1, -0.05) is 0 Å². The summed E-state index contributed by atoms with van der Waals surface area (Å²) in [6, 6.07) is 7.70. The van der Waals surface area contributed by atoms with E-state index >= 15 is 0 Å². The van der Waals surface area contributed by atoms with Gasteiger partial charge in [0.2, 0.25) is 11.7 Å². The maximum Gasteiger partial charge on any atom is 0.251 e. The van der Waals surface area contributed by atoms with E-state index in [0.29, 0.717) is 28.9 Å². The Hall–Kier alpha value is -3.36. The molecule has 0 unspecified atom stereocenters. The number of rotatable bonds is 4. The van der Waals surface area contributed by atoms with E-state index in [0.717, 1.165) is 11.3 Å². The zero-order valence-corrected chi connectivity index (χ0v) is 13.5. The van der Waals surface area contributed by atoms with Gasteiger partial charge in [0.25, 0.3) is 5.89 Å². The number of nitrogens with zero attached hydrogens (tertiary/aromatic N) is 6. The Morgan fingerprint density at radius 3 is 2.56 bits per heavy atom. The lowest BCUT2D eigenvalue weighted by molar-refractivity contribution is 0.445. The van der Waals surface area contributed by atoms with Crippen LogP contribution in [0.4, 0.5) is 4.39 Å². The van der Waals surface area contributed by atoms with Gasteiger partial charge in [0.15, 0.2) is 0 Å². The number of hydrogen-bond donors (Lipinski definition) is 0. The summed E-state index contributed by atoms with van der Waals surface area (Å²) in [6.07, 6.45) is 0. The summed E-state index contributed by atoms with van der Waals surface area (Å²) in [5.41, 5.74) is 1.43. The van der Waals surface area contributed by atoms with E-state index in [1.54, 1.807) is 12.1 Å². The SMILES string of the molecule is Cc1cc(-c2nnc(Cn3nnc(-c4ccc(F)cc4)n3)o2)c(C)o1. The molecule has 0 N–H and O–H groups in total. The van der Waals surface area contributed by atoms with Crippen molar-refractivity contribution in [3.8, 4) is 22.8 Å². The Labute approximate surface area is 141 Å². The number of halogens is 1. The van der Waals surface area contributed by atoms with Crippen molar-refractivity contribution in [3.63, 3.8) is 0 Å². The van der Waals surface area contributed by atoms with Crippen LogP contribution < -0.4 is 0 Å². The van der Waals surface area contributed by atoms with Crippen LogP contribution in [0.2, 0.25) is 0 Å². The molecule has 25 heavy (non-hydrogen) atoms. The number of tetrazole rings is 1. The zero-order valence-electron chi connectivity index (χ0n) is 13.5. The van der Waals surface area contributed by atoms with Crippen molar-refractivity contribution in [2.45, 2.75) is 20.4 Å². The normalized spacial score (nSPS) is 11.2. The summed E-state index contributed by atoms with van der Waals surface area (Å²) in [5.74, 6) is 2.28. The van der Waals surface area contributed by atoms with E-state index in [2.05, 4.69) is 25.6 Å². The first kappa shape index (κ1) is 15.2. The molecule has 9 heteroatoms. The van der Waals surface area contributed by atoms with Crippen molar-refractivity contribution < 1.29 is 13.2 Å². The van der Waals surface area contributed by atoms with E-state index in [1.165, 1.54) is 16.9 Å². The molecule has 0 saturated heterocycles. The highest BCUT2D eigenvalue weighted by Gasteiger charge is 2.16. The first-order chi connectivity index (χ1) is 12.1. The summed E-state index contributed by atoms with van der Waals surface area (Å²) in [4.78, 5) is 1.34. The van der Waals surface area contributed by atoms with Gasteiger partial charge in [-0.15, -0.1) is 20.4 Å². The van der Waals surface area contributed by atoms with Gasteiger partial charge in [0, 0.05) is 5.56 Å². The molecule has 4 aromatic rings. The Bertz CT molecular complexity index is 1020. The van der Waals surface area contributed by atoms with Crippen LogP contribution >= 0.6 is 0 Å². The summed E-state index contributed by atoms with van der Waals surface area (Å²) >= 11 is 0. The second-order valence-electron chi connectivity index (χ2n) is 5.48. The molecule has 0 saturated carbocycles. The van der Waals surface area contributed by atoms with Crippen LogP contribution in [0.5, 0.6) is 0 Å². The molecule has 8 nitrogen and oxygen atoms in total. The fraction of sp³-hybridized carbons (Fsp3) is 0.188. The highest BCUT2D eigenvalue weighted by atomic mass is 19.1. The Morgan fingerprint density at radius 1 is 1.04 bits per heavy atom. The Morgan fingerprint density at radius 2 is 1.84 bits per heavy atom. The third kappa shape index (κ3) is 3.03. The highest BCUT2D eigenvalue weighted by Crippen LogP contribution is 2.25. The topological polar surface area (TPSA) is 95.7 Å². The molecule has 0 bridgehead atoms. The van der Waals surface area contributed by atoms with Crippen LogP contribution in [0.3, 0.4) is 0 Å². The van der Waals surface area contributed by atoms with Gasteiger partial charge in [-0.05, 0) is 49.4 Å². The van der Waals surface area contributed by atoms with Gasteiger partial charge >= 0.3 is 0 Å². The monoisotopic (exact) mass is 340 g/mol. The third-order valence-corrected chi connectivity index (χ3v) is 3.57. The summed E-state index contributed by atoms with van der Waals surface area (Å²) < 4.78 is 24.1. The average Bonchev–Trinajstić information content (AvgIpc) is 3.29. The lowest BCUT2D eigenvalue weighted by Crippen LogP contribution is -2.04. The van der Waals surface area contributed by atoms with E-state index in [4.69, 9.17) is 8.83 Å². The fourth-order valence-corrected chi connectivity index (χ4v) is 2.42. The van der Waals surface area contributed by atoms with Crippen molar-refractivity contribution in [2.24, 2.45) is 0 Å². The summed E-state index contributed by atoms with van der Waals surface area (Å²) in [5, 5.41) is 20.2. The lowest BCUT2D eigenvalue weighted by atomic mass is 10.2. The number of aryl methyl sites for hydroxylation is 2. The van der Waals surface area contributed by atoms with E-state index in [9.17, 15) is 4.39 Å². The summed E-state index contributed by atoms with van der Waals surface area (Å²) in [6.45, 7) is 3.86. The van der Waals surface area contributed by atoms with Crippen molar-refractivity contribution >= 4 is 0 Å². The van der Waals surface area contributed by atoms with E-state index in [-0.39, 0.29) is 12.4 Å². The van der Waals surface area contributed by atoms with Crippen molar-refractivity contribution in [1.29, 1.82) is 0 Å². The molecule has 3 heterocycles. The quantitative estimate of drug-likeness (QED) is 0.563. The molecule has 0 radical (unpaired) electrons. The molecular weight excluding hydrogens is 327 g/mol. The molecule has 0 aliphatic heterocycles. The first-order valence-corrected chi connectivity index (χ1v) is 7.52. The van der Waals surface area contributed by atoms with Crippen LogP contribution in [0.25, 0.3) is 22.8 Å². The molecule has 0 aliphatic rings. The third-order valence-electron chi connectivity index (χ3n) is 3.57. The first-order valence-electron chi connectivity index (χ1n) is 7.52. The van der Waals surface area contributed by atoms with Crippen molar-refractivity contribution in [1.82, 2.24) is 30.4 Å². The average molecular weight is 340 g/mol. The van der Waals surface area contributed by atoms with E-state index < -0.39 is 0 Å². The predicted molar refractivity (Wildman–Crippen MR) is 83.8 cm³/mol. The largest absolute Gasteiger partial charge is 0.466 e. The number of furan rings is 1. The van der Waals surface area contributed by atoms with Crippen molar-refractivity contribution in [3.05, 3.63) is 53.6 Å². The van der Waals surface area contributed by atoms with Gasteiger partial charge in [-0.25, -0.2) is 4.39 Å². The number of hydrogen-bond acceptors (Lipinski definition) is 7. The lowest BCUT2D eigenvalue weighted by Gasteiger charge is -1.94. The molecule has 0 fully saturated rings. The Kier molecular flexibility index (Phi) is 3.60. The van der Waals surface area contributed by atoms with Crippen LogP contribution in [-0.4, -0.2) is 30.4 Å². The van der Waals surface area contributed by atoms with Crippen LogP contribution in [0.15, 0.2) is 39.2 Å². The number of aromatic nitrogens is 6. The fourth-order valence-electron chi connectivity index (χ4n) is 2.42. The minimum Gasteiger partial charge on any atom is -0.466 e. The van der Waals surface area contributed by atoms with Crippen LogP contribution in [0.1, 0.15) is 17.4 Å². The zero-order chi connectivity index (χ0) is 17.4. The van der Waals surface area contributed by atoms with Gasteiger partial charge in [0.1, 0.15) is 23.9 Å². The molecule has 1 aromatic carbocycles. The molecular formula is C16H13FN6O2. The molecule has 0 spiro atoms. The van der Waals surface area contributed by atoms with Crippen molar-refractivity contribution in [2.75, 3.05) is 0 Å². The molecule has 0 aliphatic carbocycles. The van der Waals surface area contributed by atoms with Gasteiger partial charge in [-0.2, -0.15) is 4.80 Å². The second-order valence-corrected chi connectivity index (χ2v) is 5.48. The molecule has 4 rings (SSSR count). The maximum absolute atomic E-state index is 13.0. The van der Waals surface area contributed by atoms with Gasteiger partial charge in [0.05, 0.1) is 5.56 Å². The Balaban J connectivity index is 1.53. The second kappa shape index (κ2) is 5.93. The molecule has 0 amide bonds. The minimum atomic E-state index is -0.320.